The summed E-state index contributed by atoms with van der Waals surface area (Å²) in [7, 11) is 0. The summed E-state index contributed by atoms with van der Waals surface area (Å²) in [5.74, 6) is -3.12. The molecule has 4 rings (SSSR count). The molecule has 0 saturated carbocycles. The largest absolute Gasteiger partial charge is 0.508 e. The summed E-state index contributed by atoms with van der Waals surface area (Å²) in [6, 6.07) is 11.7. The highest BCUT2D eigenvalue weighted by Gasteiger charge is 2.46. The Morgan fingerprint density at radius 2 is 1.63 bits per heavy atom. The molecule has 2 fully saturated rings. The van der Waals surface area contributed by atoms with E-state index in [2.05, 4.69) is 0 Å². The predicted octanol–water partition coefficient (Wildman–Crippen LogP) is -0.0468. The standard InChI is InChI=1S/C24H24O11/c25-10-16-18(27)19(28)20(29)24(34-16)33-14-7-3-12(4-8-14)21-17(22(30)31)15(23(32)35-21)9-11-1-5-13(26)6-2-11/h1-9,16-21,24-29H,10H2,(H,30,31)/b15-9-/t16-,17+,18-,19+,20-,21+,24-/m0/s1. The first-order valence-electron chi connectivity index (χ1n) is 10.7. The second kappa shape index (κ2) is 10.0. The number of carbonyl (C=O) groups is 2. The first-order valence-corrected chi connectivity index (χ1v) is 10.7. The lowest BCUT2D eigenvalue weighted by atomic mass is 9.90. The zero-order chi connectivity index (χ0) is 25.3. The number of hydrogen-bond acceptors (Lipinski definition) is 10. The van der Waals surface area contributed by atoms with Crippen LogP contribution in [0.4, 0.5) is 0 Å². The first kappa shape index (κ1) is 24.6. The van der Waals surface area contributed by atoms with Gasteiger partial charge in [0.05, 0.1) is 12.2 Å². The molecule has 2 aromatic carbocycles. The van der Waals surface area contributed by atoms with Crippen LogP contribution in [0.25, 0.3) is 6.08 Å². The van der Waals surface area contributed by atoms with E-state index in [4.69, 9.17) is 14.2 Å². The Morgan fingerprint density at radius 3 is 2.23 bits per heavy atom. The second-order valence-electron chi connectivity index (χ2n) is 8.22. The third-order valence-electron chi connectivity index (χ3n) is 5.90. The number of benzene rings is 2. The predicted molar refractivity (Wildman–Crippen MR) is 117 cm³/mol. The van der Waals surface area contributed by atoms with E-state index in [9.17, 15) is 40.2 Å². The number of rotatable bonds is 6. The maximum absolute atomic E-state index is 12.5. The Balaban J connectivity index is 1.53. The van der Waals surface area contributed by atoms with Crippen molar-refractivity contribution in [1.82, 2.24) is 0 Å². The number of carbonyl (C=O) groups excluding carboxylic acids is 1. The van der Waals surface area contributed by atoms with E-state index in [0.29, 0.717) is 11.1 Å². The molecule has 6 N–H and O–H groups in total. The van der Waals surface area contributed by atoms with Gasteiger partial charge in [0.1, 0.15) is 47.9 Å². The molecule has 186 valence electrons. The van der Waals surface area contributed by atoms with Gasteiger partial charge in [0.2, 0.25) is 6.29 Å². The molecule has 11 nitrogen and oxygen atoms in total. The van der Waals surface area contributed by atoms with Crippen molar-refractivity contribution in [1.29, 1.82) is 0 Å². The third kappa shape index (κ3) is 4.99. The Bertz CT molecular complexity index is 1090. The zero-order valence-electron chi connectivity index (χ0n) is 18.2. The topological polar surface area (TPSA) is 183 Å². The number of cyclic esters (lactones) is 1. The molecule has 2 aromatic rings. The Morgan fingerprint density at radius 1 is 0.971 bits per heavy atom. The molecule has 35 heavy (non-hydrogen) atoms. The average Bonchev–Trinajstić information content (AvgIpc) is 3.17. The number of carboxylic acids is 1. The van der Waals surface area contributed by atoms with Crippen LogP contribution in [0.5, 0.6) is 11.5 Å². The molecule has 7 atom stereocenters. The number of phenolic OH excluding ortho intramolecular Hbond substituents is 1. The van der Waals surface area contributed by atoms with Crippen LogP contribution in [0.1, 0.15) is 17.2 Å². The van der Waals surface area contributed by atoms with Crippen molar-refractivity contribution in [3.8, 4) is 11.5 Å². The number of aliphatic hydroxyl groups is 4. The van der Waals surface area contributed by atoms with Gasteiger partial charge in [0.25, 0.3) is 0 Å². The van der Waals surface area contributed by atoms with Gasteiger partial charge in [0, 0.05) is 0 Å². The highest BCUT2D eigenvalue weighted by molar-refractivity contribution is 6.02. The highest BCUT2D eigenvalue weighted by Crippen LogP contribution is 2.40. The molecule has 0 aliphatic carbocycles. The first-order chi connectivity index (χ1) is 16.7. The molecule has 0 aromatic heterocycles. The maximum Gasteiger partial charge on any atom is 0.335 e. The molecule has 2 aliphatic heterocycles. The number of aliphatic hydroxyl groups excluding tert-OH is 4. The molecule has 11 heteroatoms. The number of esters is 1. The fourth-order valence-electron chi connectivity index (χ4n) is 4.00. The van der Waals surface area contributed by atoms with Gasteiger partial charge in [-0.25, -0.2) is 4.79 Å². The van der Waals surface area contributed by atoms with Crippen LogP contribution in [-0.2, 0) is 19.1 Å². The van der Waals surface area contributed by atoms with Crippen molar-refractivity contribution in [2.45, 2.75) is 36.8 Å². The summed E-state index contributed by atoms with van der Waals surface area (Å²) in [6.07, 6.45) is -6.93. The summed E-state index contributed by atoms with van der Waals surface area (Å²) in [6.45, 7) is -0.604. The number of phenols is 1. The summed E-state index contributed by atoms with van der Waals surface area (Å²) in [4.78, 5) is 24.5. The van der Waals surface area contributed by atoms with Gasteiger partial charge in [-0.2, -0.15) is 0 Å². The third-order valence-corrected chi connectivity index (χ3v) is 5.90. The van der Waals surface area contributed by atoms with E-state index in [1.807, 2.05) is 0 Å². The SMILES string of the molecule is O=C1O[C@H](c2ccc(O[C@H]3O[C@@H](CO)[C@H](O)[C@@H](O)[C@@H]3O)cc2)[C@H](C(=O)O)/C1=C/c1ccc(O)cc1. The number of hydrogen-bond donors (Lipinski definition) is 6. The van der Waals surface area contributed by atoms with Crippen LogP contribution in [0.2, 0.25) is 0 Å². The average molecular weight is 488 g/mol. The van der Waals surface area contributed by atoms with Crippen molar-refractivity contribution < 1.29 is 54.4 Å². The van der Waals surface area contributed by atoms with Gasteiger partial charge in [-0.1, -0.05) is 24.3 Å². The molecular weight excluding hydrogens is 464 g/mol. The monoisotopic (exact) mass is 488 g/mol. The fraction of sp³-hybridized carbons (Fsp3) is 0.333. The van der Waals surface area contributed by atoms with Gasteiger partial charge < -0.3 is 44.8 Å². The molecule has 0 unspecified atom stereocenters. The van der Waals surface area contributed by atoms with E-state index in [0.717, 1.165) is 0 Å². The Labute approximate surface area is 199 Å². The highest BCUT2D eigenvalue weighted by atomic mass is 16.7. The second-order valence-corrected chi connectivity index (χ2v) is 8.22. The molecular formula is C24H24O11. The summed E-state index contributed by atoms with van der Waals surface area (Å²) >= 11 is 0. The van der Waals surface area contributed by atoms with Crippen molar-refractivity contribution >= 4 is 18.0 Å². The van der Waals surface area contributed by atoms with Crippen LogP contribution < -0.4 is 4.74 Å². The van der Waals surface area contributed by atoms with Gasteiger partial charge in [-0.3, -0.25) is 4.79 Å². The lowest BCUT2D eigenvalue weighted by Gasteiger charge is -2.39. The molecule has 0 spiro atoms. The number of aromatic hydroxyl groups is 1. The normalized spacial score (nSPS) is 31.8. The van der Waals surface area contributed by atoms with E-state index in [1.54, 1.807) is 0 Å². The molecule has 0 amide bonds. The smallest absolute Gasteiger partial charge is 0.335 e. The lowest BCUT2D eigenvalue weighted by molar-refractivity contribution is -0.277. The number of aliphatic carboxylic acids is 1. The van der Waals surface area contributed by atoms with E-state index >= 15 is 0 Å². The molecule has 2 saturated heterocycles. The van der Waals surface area contributed by atoms with E-state index < -0.39 is 61.3 Å². The van der Waals surface area contributed by atoms with Crippen LogP contribution in [-0.4, -0.2) is 79.9 Å². The van der Waals surface area contributed by atoms with Gasteiger partial charge in [-0.15, -0.1) is 0 Å². The maximum atomic E-state index is 12.5. The quantitative estimate of drug-likeness (QED) is 0.237. The van der Waals surface area contributed by atoms with Gasteiger partial charge >= 0.3 is 11.9 Å². The van der Waals surface area contributed by atoms with Crippen molar-refractivity contribution in [3.63, 3.8) is 0 Å². The number of ether oxygens (including phenoxy) is 3. The lowest BCUT2D eigenvalue weighted by Crippen LogP contribution is -2.60. The van der Waals surface area contributed by atoms with Gasteiger partial charge in [-0.05, 0) is 41.5 Å². The Hall–Kier alpha value is -3.48. The summed E-state index contributed by atoms with van der Waals surface area (Å²) in [5, 5.41) is 58.4. The summed E-state index contributed by atoms with van der Waals surface area (Å²) in [5.41, 5.74) is 0.848. The summed E-state index contributed by atoms with van der Waals surface area (Å²) < 4.78 is 16.2. The molecule has 0 radical (unpaired) electrons. The minimum absolute atomic E-state index is 0.0276. The van der Waals surface area contributed by atoms with Crippen LogP contribution in [0, 0.1) is 5.92 Å². The van der Waals surface area contributed by atoms with Crippen LogP contribution in [0.15, 0.2) is 54.1 Å². The minimum Gasteiger partial charge on any atom is -0.508 e. The molecule has 0 bridgehead atoms. The van der Waals surface area contributed by atoms with Crippen LogP contribution in [0.3, 0.4) is 0 Å². The zero-order valence-corrected chi connectivity index (χ0v) is 18.2. The Kier molecular flexibility index (Phi) is 7.05. The van der Waals surface area contributed by atoms with Gasteiger partial charge in [0.15, 0.2) is 0 Å². The molecule has 2 aliphatic rings. The molecule has 2 heterocycles. The van der Waals surface area contributed by atoms with E-state index in [-0.39, 0.29) is 17.1 Å². The van der Waals surface area contributed by atoms with Crippen molar-refractivity contribution in [2.75, 3.05) is 6.61 Å². The fourth-order valence-corrected chi connectivity index (χ4v) is 4.00. The van der Waals surface area contributed by atoms with Crippen molar-refractivity contribution in [2.24, 2.45) is 5.92 Å². The minimum atomic E-state index is -1.60. The number of carboxylic acid groups (broad SMARTS) is 1. The van der Waals surface area contributed by atoms with E-state index in [1.165, 1.54) is 54.6 Å². The van der Waals surface area contributed by atoms with Crippen molar-refractivity contribution in [3.05, 3.63) is 65.2 Å². The van der Waals surface area contributed by atoms with Crippen LogP contribution >= 0.6 is 0 Å².